The maximum Gasteiger partial charge on any atom is 0.227 e. The van der Waals surface area contributed by atoms with Crippen molar-refractivity contribution in [3.8, 4) is 0 Å². The molecule has 0 amide bonds. The van der Waals surface area contributed by atoms with Crippen LogP contribution in [0.2, 0.25) is 5.02 Å². The first-order valence-corrected chi connectivity index (χ1v) is 11.8. The summed E-state index contributed by atoms with van der Waals surface area (Å²) in [5.41, 5.74) is 2.15. The van der Waals surface area contributed by atoms with Gasteiger partial charge in [-0.25, -0.2) is 4.98 Å². The number of para-hydroxylation sites is 1. The first-order chi connectivity index (χ1) is 15.3. The van der Waals surface area contributed by atoms with Gasteiger partial charge in [0.1, 0.15) is 5.82 Å². The average molecular weight is 450 g/mol. The van der Waals surface area contributed by atoms with E-state index in [0.29, 0.717) is 0 Å². The Morgan fingerprint density at radius 1 is 0.903 bits per heavy atom. The molecule has 1 aliphatic rings. The van der Waals surface area contributed by atoms with Crippen LogP contribution >= 0.6 is 22.9 Å². The van der Waals surface area contributed by atoms with Crippen LogP contribution in [0, 0.1) is 0 Å². The van der Waals surface area contributed by atoms with Gasteiger partial charge in [0.2, 0.25) is 5.95 Å². The number of hydrogen-bond donors (Lipinski definition) is 1. The Balaban J connectivity index is 1.31. The summed E-state index contributed by atoms with van der Waals surface area (Å²) in [5.74, 6) is 1.69. The lowest BCUT2D eigenvalue weighted by atomic mass is 10.2. The molecule has 2 aromatic heterocycles. The monoisotopic (exact) mass is 449 g/mol. The lowest BCUT2D eigenvalue weighted by molar-refractivity contribution is 0.249. The predicted octanol–water partition coefficient (Wildman–Crippen LogP) is 5.28. The Labute approximate surface area is 191 Å². The molecule has 0 bridgehead atoms. The zero-order valence-electron chi connectivity index (χ0n) is 17.2. The van der Waals surface area contributed by atoms with E-state index in [1.54, 1.807) is 11.3 Å². The second kappa shape index (κ2) is 9.22. The maximum absolute atomic E-state index is 6.34. The van der Waals surface area contributed by atoms with Crippen molar-refractivity contribution in [2.45, 2.75) is 13.1 Å². The van der Waals surface area contributed by atoms with E-state index in [-0.39, 0.29) is 0 Å². The van der Waals surface area contributed by atoms with E-state index in [4.69, 9.17) is 21.6 Å². The highest BCUT2D eigenvalue weighted by molar-refractivity contribution is 7.09. The first kappa shape index (κ1) is 20.2. The molecule has 4 aromatic rings. The lowest BCUT2D eigenvalue weighted by Crippen LogP contribution is -2.46. The molecule has 0 aliphatic carbocycles. The molecule has 0 unspecified atom stereocenters. The van der Waals surface area contributed by atoms with Crippen molar-refractivity contribution in [2.24, 2.45) is 0 Å². The summed E-state index contributed by atoms with van der Waals surface area (Å²) in [6.07, 6.45) is 0. The lowest BCUT2D eigenvalue weighted by Gasteiger charge is -2.35. The third kappa shape index (κ3) is 4.66. The molecular formula is C24H24ClN5S. The summed E-state index contributed by atoms with van der Waals surface area (Å²) in [4.78, 5) is 15.8. The third-order valence-corrected chi connectivity index (χ3v) is 6.85. The molecule has 158 valence electrons. The molecule has 0 atom stereocenters. The van der Waals surface area contributed by atoms with Gasteiger partial charge < -0.3 is 10.2 Å². The molecule has 0 radical (unpaired) electrons. The van der Waals surface area contributed by atoms with Gasteiger partial charge in [0, 0.05) is 48.0 Å². The molecule has 7 heteroatoms. The topological polar surface area (TPSA) is 44.3 Å². The van der Waals surface area contributed by atoms with E-state index in [0.717, 1.165) is 67.0 Å². The number of fused-ring (bicyclic) bond motifs is 1. The zero-order valence-corrected chi connectivity index (χ0v) is 18.7. The Morgan fingerprint density at radius 3 is 2.52 bits per heavy atom. The highest BCUT2D eigenvalue weighted by Crippen LogP contribution is 2.25. The molecule has 2 aromatic carbocycles. The first-order valence-electron chi connectivity index (χ1n) is 10.5. The normalized spacial score (nSPS) is 14.8. The van der Waals surface area contributed by atoms with Gasteiger partial charge in [-0.05, 0) is 35.2 Å². The smallest absolute Gasteiger partial charge is 0.227 e. The van der Waals surface area contributed by atoms with Crippen molar-refractivity contribution in [2.75, 3.05) is 36.4 Å². The molecule has 3 heterocycles. The second-order valence-electron chi connectivity index (χ2n) is 7.68. The standard InChI is InChI=1S/C24H24ClN5S/c25-21-9-3-1-6-18(21)17-29-11-13-30(14-12-29)24-27-22-10-4-2-8-20(22)23(28-24)26-16-19-7-5-15-31-19/h1-10,15H,11-14,16-17H2,(H,26,27,28). The van der Waals surface area contributed by atoms with Crippen LogP contribution in [-0.4, -0.2) is 41.0 Å². The Hall–Kier alpha value is -2.67. The minimum atomic E-state index is 0.768. The van der Waals surface area contributed by atoms with Crippen molar-refractivity contribution in [1.29, 1.82) is 0 Å². The number of rotatable bonds is 6. The highest BCUT2D eigenvalue weighted by atomic mass is 35.5. The number of piperazine rings is 1. The van der Waals surface area contributed by atoms with Gasteiger partial charge in [0.05, 0.1) is 12.1 Å². The number of anilines is 2. The van der Waals surface area contributed by atoms with E-state index in [1.807, 2.05) is 30.3 Å². The number of aromatic nitrogens is 2. The van der Waals surface area contributed by atoms with Crippen molar-refractivity contribution in [3.05, 3.63) is 81.5 Å². The summed E-state index contributed by atoms with van der Waals surface area (Å²) in [6, 6.07) is 20.5. The van der Waals surface area contributed by atoms with Crippen molar-refractivity contribution < 1.29 is 0 Å². The largest absolute Gasteiger partial charge is 0.364 e. The van der Waals surface area contributed by atoms with Gasteiger partial charge in [-0.2, -0.15) is 4.98 Å². The quantitative estimate of drug-likeness (QED) is 0.434. The van der Waals surface area contributed by atoms with Crippen molar-refractivity contribution in [3.63, 3.8) is 0 Å². The summed E-state index contributed by atoms with van der Waals surface area (Å²) in [5, 5.41) is 7.52. The van der Waals surface area contributed by atoms with Gasteiger partial charge in [-0.1, -0.05) is 48.0 Å². The Bertz CT molecular complexity index is 1160. The van der Waals surface area contributed by atoms with Gasteiger partial charge in [-0.3, -0.25) is 4.90 Å². The minimum absolute atomic E-state index is 0.768. The fraction of sp³-hybridized carbons (Fsp3) is 0.250. The third-order valence-electron chi connectivity index (χ3n) is 5.61. The summed E-state index contributed by atoms with van der Waals surface area (Å²) in [7, 11) is 0. The molecule has 1 fully saturated rings. The van der Waals surface area contributed by atoms with Gasteiger partial charge in [0.25, 0.3) is 0 Å². The van der Waals surface area contributed by atoms with E-state index in [2.05, 4.69) is 50.8 Å². The number of nitrogens with one attached hydrogen (secondary N) is 1. The van der Waals surface area contributed by atoms with E-state index in [1.165, 1.54) is 10.4 Å². The molecule has 1 saturated heterocycles. The zero-order chi connectivity index (χ0) is 21.0. The van der Waals surface area contributed by atoms with Gasteiger partial charge >= 0.3 is 0 Å². The SMILES string of the molecule is Clc1ccccc1CN1CCN(c2nc(NCc3cccs3)c3ccccc3n2)CC1. The molecule has 0 spiro atoms. The fourth-order valence-corrected chi connectivity index (χ4v) is 4.74. The van der Waals surface area contributed by atoms with E-state index < -0.39 is 0 Å². The number of benzene rings is 2. The second-order valence-corrected chi connectivity index (χ2v) is 9.12. The van der Waals surface area contributed by atoms with E-state index in [9.17, 15) is 0 Å². The van der Waals surface area contributed by atoms with Gasteiger partial charge in [0.15, 0.2) is 0 Å². The maximum atomic E-state index is 6.34. The highest BCUT2D eigenvalue weighted by Gasteiger charge is 2.21. The predicted molar refractivity (Wildman–Crippen MR) is 130 cm³/mol. The summed E-state index contributed by atoms with van der Waals surface area (Å²) < 4.78 is 0. The number of nitrogens with zero attached hydrogens (tertiary/aromatic N) is 4. The van der Waals surface area contributed by atoms with Gasteiger partial charge in [-0.15, -0.1) is 11.3 Å². The van der Waals surface area contributed by atoms with Crippen LogP contribution in [0.15, 0.2) is 66.0 Å². The summed E-state index contributed by atoms with van der Waals surface area (Å²) >= 11 is 8.09. The van der Waals surface area contributed by atoms with Crippen LogP contribution < -0.4 is 10.2 Å². The number of thiophene rings is 1. The van der Waals surface area contributed by atoms with Crippen LogP contribution in [0.1, 0.15) is 10.4 Å². The summed E-state index contributed by atoms with van der Waals surface area (Å²) in [6.45, 7) is 5.35. The van der Waals surface area contributed by atoms with Crippen LogP contribution in [-0.2, 0) is 13.1 Å². The van der Waals surface area contributed by atoms with Crippen molar-refractivity contribution in [1.82, 2.24) is 14.9 Å². The minimum Gasteiger partial charge on any atom is -0.364 e. The van der Waals surface area contributed by atoms with Crippen LogP contribution in [0.25, 0.3) is 10.9 Å². The van der Waals surface area contributed by atoms with Crippen LogP contribution in [0.3, 0.4) is 0 Å². The molecule has 5 nitrogen and oxygen atoms in total. The van der Waals surface area contributed by atoms with E-state index >= 15 is 0 Å². The molecule has 5 rings (SSSR count). The van der Waals surface area contributed by atoms with Crippen LogP contribution in [0.5, 0.6) is 0 Å². The fourth-order valence-electron chi connectivity index (χ4n) is 3.90. The molecule has 1 aliphatic heterocycles. The molecule has 1 N–H and O–H groups in total. The van der Waals surface area contributed by atoms with Crippen molar-refractivity contribution >= 4 is 45.6 Å². The number of halogens is 1. The Kier molecular flexibility index (Phi) is 6.02. The molecular weight excluding hydrogens is 426 g/mol. The molecule has 31 heavy (non-hydrogen) atoms. The number of hydrogen-bond acceptors (Lipinski definition) is 6. The average Bonchev–Trinajstić information content (AvgIpc) is 3.33. The molecule has 0 saturated carbocycles. The van der Waals surface area contributed by atoms with Crippen LogP contribution in [0.4, 0.5) is 11.8 Å². The Morgan fingerprint density at radius 2 is 1.71 bits per heavy atom.